The first-order valence-corrected chi connectivity index (χ1v) is 9.15. The maximum Gasteiger partial charge on any atom is 0.283 e. The quantitative estimate of drug-likeness (QED) is 0.753. The summed E-state index contributed by atoms with van der Waals surface area (Å²) in [5.41, 5.74) is 7.08. The number of aromatic nitrogens is 1. The Bertz CT molecular complexity index is 934. The molecule has 4 atom stereocenters. The SMILES string of the molecule is NC1=NC2(CO1)c1cc(-c3cccnc3F)ccc1OC1CCC(O)C[C@H]12. The van der Waals surface area contributed by atoms with Gasteiger partial charge in [0.15, 0.2) is 0 Å². The number of fused-ring (bicyclic) bond motifs is 4. The Morgan fingerprint density at radius 1 is 1.26 bits per heavy atom. The molecule has 2 aromatic rings. The molecule has 3 heterocycles. The van der Waals surface area contributed by atoms with Crippen molar-refractivity contribution in [3.05, 3.63) is 48.0 Å². The van der Waals surface area contributed by atoms with Crippen LogP contribution in [0.2, 0.25) is 0 Å². The van der Waals surface area contributed by atoms with E-state index in [0.717, 1.165) is 12.0 Å². The number of ether oxygens (including phenoxy) is 2. The highest BCUT2D eigenvalue weighted by Crippen LogP contribution is 2.53. The average Bonchev–Trinajstić information content (AvgIpc) is 3.06. The van der Waals surface area contributed by atoms with Gasteiger partial charge < -0.3 is 20.3 Å². The highest BCUT2D eigenvalue weighted by molar-refractivity contribution is 5.75. The number of halogens is 1. The molecule has 0 saturated heterocycles. The topological polar surface area (TPSA) is 90.0 Å². The van der Waals surface area contributed by atoms with Crippen molar-refractivity contribution in [3.8, 4) is 16.9 Å². The lowest BCUT2D eigenvalue weighted by Gasteiger charge is -2.47. The van der Waals surface area contributed by atoms with E-state index in [9.17, 15) is 9.50 Å². The summed E-state index contributed by atoms with van der Waals surface area (Å²) in [7, 11) is 0. The van der Waals surface area contributed by atoms with E-state index in [0.29, 0.717) is 36.3 Å². The van der Waals surface area contributed by atoms with Crippen LogP contribution in [0.15, 0.2) is 41.5 Å². The Kier molecular flexibility index (Phi) is 3.62. The predicted octanol–water partition coefficient (Wildman–Crippen LogP) is 2.35. The van der Waals surface area contributed by atoms with Crippen LogP contribution < -0.4 is 10.5 Å². The fourth-order valence-electron chi connectivity index (χ4n) is 4.64. The molecule has 1 spiro atoms. The van der Waals surface area contributed by atoms with Crippen LogP contribution in [-0.2, 0) is 10.3 Å². The average molecular weight is 369 g/mol. The molecule has 140 valence electrons. The molecule has 1 fully saturated rings. The van der Waals surface area contributed by atoms with Crippen molar-refractivity contribution in [1.82, 2.24) is 4.98 Å². The highest BCUT2D eigenvalue weighted by Gasteiger charge is 2.55. The number of aliphatic imine (C=N–C) groups is 1. The minimum atomic E-state index is -0.724. The van der Waals surface area contributed by atoms with E-state index in [1.165, 1.54) is 6.20 Å². The van der Waals surface area contributed by atoms with Gasteiger partial charge in [0.05, 0.1) is 6.10 Å². The van der Waals surface area contributed by atoms with Gasteiger partial charge in [0.1, 0.15) is 24.0 Å². The van der Waals surface area contributed by atoms with Crippen molar-refractivity contribution < 1.29 is 19.0 Å². The zero-order valence-corrected chi connectivity index (χ0v) is 14.6. The van der Waals surface area contributed by atoms with Crippen LogP contribution in [0.3, 0.4) is 0 Å². The van der Waals surface area contributed by atoms with Crippen LogP contribution in [0, 0.1) is 11.9 Å². The van der Waals surface area contributed by atoms with Crippen molar-refractivity contribution in [2.24, 2.45) is 16.6 Å². The number of benzene rings is 1. The molecule has 1 saturated carbocycles. The van der Waals surface area contributed by atoms with Crippen molar-refractivity contribution in [2.45, 2.75) is 37.0 Å². The first-order chi connectivity index (χ1) is 13.1. The molecule has 1 aromatic carbocycles. The van der Waals surface area contributed by atoms with Gasteiger partial charge in [-0.15, -0.1) is 0 Å². The highest BCUT2D eigenvalue weighted by atomic mass is 19.1. The van der Waals surface area contributed by atoms with Gasteiger partial charge in [-0.25, -0.2) is 9.98 Å². The molecule has 1 aromatic heterocycles. The third-order valence-electron chi connectivity index (χ3n) is 5.92. The lowest BCUT2D eigenvalue weighted by Crippen LogP contribution is -2.51. The Hall–Kier alpha value is -2.67. The van der Waals surface area contributed by atoms with Crippen molar-refractivity contribution in [3.63, 3.8) is 0 Å². The number of nitrogens with zero attached hydrogens (tertiary/aromatic N) is 2. The molecule has 3 N–H and O–H groups in total. The third-order valence-corrected chi connectivity index (χ3v) is 5.92. The summed E-state index contributed by atoms with van der Waals surface area (Å²) in [6.45, 7) is 0.294. The first kappa shape index (κ1) is 16.5. The molecule has 27 heavy (non-hydrogen) atoms. The zero-order chi connectivity index (χ0) is 18.6. The molecule has 0 radical (unpaired) electrons. The summed E-state index contributed by atoms with van der Waals surface area (Å²) in [6.07, 6.45) is 2.98. The summed E-state index contributed by atoms with van der Waals surface area (Å²) in [5, 5.41) is 10.2. The second kappa shape index (κ2) is 5.92. The zero-order valence-electron chi connectivity index (χ0n) is 14.6. The summed E-state index contributed by atoms with van der Waals surface area (Å²) in [6, 6.07) is 9.10. The fraction of sp³-hybridized carbons (Fsp3) is 0.400. The number of amidine groups is 1. The monoisotopic (exact) mass is 369 g/mol. The standard InChI is InChI=1S/C20H20FN3O3/c21-18-13(2-1-7-23-18)11-3-5-16-14(8-11)20(10-26-19(22)24-20)15-9-12(25)4-6-17(15)27-16/h1-3,5,7-8,12,15,17,25H,4,6,9-10H2,(H2,22,24)/t12?,15-,17?,20?/m1/s1. The lowest BCUT2D eigenvalue weighted by molar-refractivity contribution is -0.0359. The van der Waals surface area contributed by atoms with Crippen molar-refractivity contribution in [1.29, 1.82) is 0 Å². The summed E-state index contributed by atoms with van der Waals surface area (Å²) in [4.78, 5) is 8.41. The van der Waals surface area contributed by atoms with Gasteiger partial charge in [-0.05, 0) is 49.1 Å². The van der Waals surface area contributed by atoms with Gasteiger partial charge in [-0.2, -0.15) is 4.39 Å². The van der Waals surface area contributed by atoms with Gasteiger partial charge in [0.25, 0.3) is 6.02 Å². The number of hydrogen-bond acceptors (Lipinski definition) is 6. The minimum Gasteiger partial charge on any atom is -0.490 e. The predicted molar refractivity (Wildman–Crippen MR) is 96.6 cm³/mol. The molecule has 0 bridgehead atoms. The second-order valence-electron chi connectivity index (χ2n) is 7.45. The maximum absolute atomic E-state index is 14.2. The largest absolute Gasteiger partial charge is 0.490 e. The number of aliphatic hydroxyl groups is 1. The van der Waals surface area contributed by atoms with Crippen LogP contribution in [0.1, 0.15) is 24.8 Å². The number of rotatable bonds is 1. The molecule has 2 aliphatic heterocycles. The summed E-state index contributed by atoms with van der Waals surface area (Å²) in [5.74, 6) is 0.131. The number of pyridine rings is 1. The van der Waals surface area contributed by atoms with Crippen molar-refractivity contribution in [2.75, 3.05) is 6.61 Å². The molecule has 5 rings (SSSR count). The molecule has 7 heteroatoms. The van der Waals surface area contributed by atoms with Gasteiger partial charge in [-0.1, -0.05) is 6.07 Å². The third kappa shape index (κ3) is 2.49. The van der Waals surface area contributed by atoms with E-state index in [1.54, 1.807) is 12.1 Å². The minimum absolute atomic E-state index is 0.0520. The molecule has 3 aliphatic rings. The van der Waals surface area contributed by atoms with E-state index in [-0.39, 0.29) is 18.0 Å². The van der Waals surface area contributed by atoms with Crippen LogP contribution >= 0.6 is 0 Å². The second-order valence-corrected chi connectivity index (χ2v) is 7.45. The van der Waals surface area contributed by atoms with Crippen LogP contribution in [-0.4, -0.2) is 34.9 Å². The lowest BCUT2D eigenvalue weighted by atomic mass is 9.67. The number of nitrogens with two attached hydrogens (primary N) is 1. The fourth-order valence-corrected chi connectivity index (χ4v) is 4.64. The Morgan fingerprint density at radius 2 is 2.15 bits per heavy atom. The summed E-state index contributed by atoms with van der Waals surface area (Å²) < 4.78 is 26.0. The molecular weight excluding hydrogens is 349 g/mol. The summed E-state index contributed by atoms with van der Waals surface area (Å²) >= 11 is 0. The van der Waals surface area contributed by atoms with Gasteiger partial charge in [-0.3, -0.25) is 0 Å². The Morgan fingerprint density at radius 3 is 2.93 bits per heavy atom. The van der Waals surface area contributed by atoms with Crippen molar-refractivity contribution >= 4 is 6.02 Å². The molecular formula is C20H20FN3O3. The molecule has 6 nitrogen and oxygen atoms in total. The van der Waals surface area contributed by atoms with Crippen LogP contribution in [0.5, 0.6) is 5.75 Å². The van der Waals surface area contributed by atoms with E-state index < -0.39 is 17.6 Å². The number of hydrogen-bond donors (Lipinski definition) is 2. The van der Waals surface area contributed by atoms with Gasteiger partial charge in [0, 0.05) is 23.2 Å². The van der Waals surface area contributed by atoms with Crippen LogP contribution in [0.25, 0.3) is 11.1 Å². The molecule has 0 amide bonds. The van der Waals surface area contributed by atoms with Gasteiger partial charge >= 0.3 is 0 Å². The molecule has 3 unspecified atom stereocenters. The van der Waals surface area contributed by atoms with Crippen LogP contribution in [0.4, 0.5) is 4.39 Å². The molecule has 1 aliphatic carbocycles. The van der Waals surface area contributed by atoms with Gasteiger partial charge in [0.2, 0.25) is 5.95 Å². The Labute approximate surface area is 155 Å². The normalized spacial score (nSPS) is 31.5. The van der Waals surface area contributed by atoms with E-state index in [2.05, 4.69) is 9.98 Å². The van der Waals surface area contributed by atoms with E-state index in [4.69, 9.17) is 15.2 Å². The van der Waals surface area contributed by atoms with E-state index >= 15 is 0 Å². The maximum atomic E-state index is 14.2. The first-order valence-electron chi connectivity index (χ1n) is 9.15. The Balaban J connectivity index is 1.68. The number of aliphatic hydroxyl groups excluding tert-OH is 1. The smallest absolute Gasteiger partial charge is 0.283 e. The van der Waals surface area contributed by atoms with E-state index in [1.807, 2.05) is 18.2 Å².